The lowest BCUT2D eigenvalue weighted by atomic mass is 9.91. The van der Waals surface area contributed by atoms with Crippen LogP contribution in [-0.4, -0.2) is 0 Å². The summed E-state index contributed by atoms with van der Waals surface area (Å²) in [5.74, 6) is 0.529. The first-order valence-electron chi connectivity index (χ1n) is 7.17. The van der Waals surface area contributed by atoms with Crippen LogP contribution in [0.5, 0.6) is 0 Å². The number of hydrogen-bond acceptors (Lipinski definition) is 1. The van der Waals surface area contributed by atoms with Crippen molar-refractivity contribution in [2.24, 2.45) is 11.7 Å². The van der Waals surface area contributed by atoms with Crippen LogP contribution in [0.15, 0.2) is 42.5 Å². The van der Waals surface area contributed by atoms with Crippen LogP contribution < -0.4 is 5.73 Å². The second kappa shape index (κ2) is 5.99. The van der Waals surface area contributed by atoms with Crippen molar-refractivity contribution >= 4 is 12.4 Å². The molecule has 106 valence electrons. The molecule has 0 aromatic heterocycles. The summed E-state index contributed by atoms with van der Waals surface area (Å²) in [7, 11) is 0. The zero-order chi connectivity index (χ0) is 13.4. The molecule has 1 aliphatic rings. The summed E-state index contributed by atoms with van der Waals surface area (Å²) in [4.78, 5) is 0. The Labute approximate surface area is 127 Å². The Kier molecular flexibility index (Phi) is 4.52. The Hall–Kier alpha value is -1.31. The lowest BCUT2D eigenvalue weighted by Crippen LogP contribution is -2.18. The predicted molar refractivity (Wildman–Crippen MR) is 88.3 cm³/mol. The second-order valence-electron chi connectivity index (χ2n) is 5.66. The van der Waals surface area contributed by atoms with Crippen molar-refractivity contribution in [1.82, 2.24) is 0 Å². The molecule has 2 aromatic carbocycles. The SMILES string of the molecule is CCC(C)[C@H](N)c1ccc2c(c1)Cc1ccccc1-2.Cl. The Bertz CT molecular complexity index is 606. The van der Waals surface area contributed by atoms with Crippen molar-refractivity contribution in [2.45, 2.75) is 32.7 Å². The van der Waals surface area contributed by atoms with E-state index in [1.54, 1.807) is 0 Å². The summed E-state index contributed by atoms with van der Waals surface area (Å²) < 4.78 is 0. The van der Waals surface area contributed by atoms with E-state index in [1.165, 1.54) is 27.8 Å². The van der Waals surface area contributed by atoms with Gasteiger partial charge in [0.25, 0.3) is 0 Å². The molecule has 3 rings (SSSR count). The molecule has 0 aliphatic heterocycles. The van der Waals surface area contributed by atoms with Crippen LogP contribution in [0.3, 0.4) is 0 Å². The summed E-state index contributed by atoms with van der Waals surface area (Å²) in [6.45, 7) is 4.43. The highest BCUT2D eigenvalue weighted by molar-refractivity contribution is 5.85. The van der Waals surface area contributed by atoms with Gasteiger partial charge in [0.2, 0.25) is 0 Å². The van der Waals surface area contributed by atoms with E-state index in [9.17, 15) is 0 Å². The molecule has 0 spiro atoms. The molecule has 2 N–H and O–H groups in total. The molecule has 1 unspecified atom stereocenters. The van der Waals surface area contributed by atoms with Crippen molar-refractivity contribution < 1.29 is 0 Å². The van der Waals surface area contributed by atoms with E-state index in [2.05, 4.69) is 56.3 Å². The number of halogens is 1. The van der Waals surface area contributed by atoms with Crippen molar-refractivity contribution in [3.8, 4) is 11.1 Å². The van der Waals surface area contributed by atoms with E-state index >= 15 is 0 Å². The Balaban J connectivity index is 0.00000147. The highest BCUT2D eigenvalue weighted by Gasteiger charge is 2.20. The number of nitrogens with two attached hydrogens (primary N) is 1. The van der Waals surface area contributed by atoms with Gasteiger partial charge >= 0.3 is 0 Å². The summed E-state index contributed by atoms with van der Waals surface area (Å²) >= 11 is 0. The Morgan fingerprint density at radius 1 is 1.05 bits per heavy atom. The first kappa shape index (κ1) is 15.1. The fraction of sp³-hybridized carbons (Fsp3) is 0.333. The molecule has 0 fully saturated rings. The standard InChI is InChI=1S/C18H21N.ClH/c1-3-12(2)18(19)14-8-9-17-15(11-14)10-13-6-4-5-7-16(13)17;/h4-9,11-12,18H,3,10,19H2,1-2H3;1H/t12?,18-;/m0./s1. The maximum atomic E-state index is 6.35. The molecule has 2 atom stereocenters. The Morgan fingerprint density at radius 3 is 2.50 bits per heavy atom. The van der Waals surface area contributed by atoms with Crippen molar-refractivity contribution in [3.05, 3.63) is 59.2 Å². The minimum Gasteiger partial charge on any atom is -0.324 e. The van der Waals surface area contributed by atoms with Crippen molar-refractivity contribution in [3.63, 3.8) is 0 Å². The molecule has 0 saturated heterocycles. The summed E-state index contributed by atoms with van der Waals surface area (Å²) in [5.41, 5.74) is 13.3. The van der Waals surface area contributed by atoms with Crippen LogP contribution in [-0.2, 0) is 6.42 Å². The fourth-order valence-corrected chi connectivity index (χ4v) is 2.95. The van der Waals surface area contributed by atoms with Gasteiger partial charge in [0.05, 0.1) is 0 Å². The average Bonchev–Trinajstić information content (AvgIpc) is 2.83. The topological polar surface area (TPSA) is 26.0 Å². The van der Waals surface area contributed by atoms with E-state index in [0.29, 0.717) is 5.92 Å². The first-order valence-corrected chi connectivity index (χ1v) is 7.17. The monoisotopic (exact) mass is 287 g/mol. The van der Waals surface area contributed by atoms with Gasteiger partial charge in [-0.1, -0.05) is 62.7 Å². The van der Waals surface area contributed by atoms with Gasteiger partial charge in [-0.2, -0.15) is 0 Å². The Morgan fingerprint density at radius 2 is 1.75 bits per heavy atom. The van der Waals surface area contributed by atoms with Gasteiger partial charge in [0.15, 0.2) is 0 Å². The third-order valence-electron chi connectivity index (χ3n) is 4.46. The number of hydrogen-bond donors (Lipinski definition) is 1. The minimum absolute atomic E-state index is 0. The highest BCUT2D eigenvalue weighted by atomic mass is 35.5. The summed E-state index contributed by atoms with van der Waals surface area (Å²) in [6, 6.07) is 15.6. The smallest absolute Gasteiger partial charge is 0.0320 e. The van der Waals surface area contributed by atoms with Gasteiger partial charge in [0.1, 0.15) is 0 Å². The molecule has 20 heavy (non-hydrogen) atoms. The quantitative estimate of drug-likeness (QED) is 0.741. The zero-order valence-electron chi connectivity index (χ0n) is 12.1. The molecule has 1 aliphatic carbocycles. The molecule has 2 aromatic rings. The van der Waals surface area contributed by atoms with Crippen LogP contribution in [0.4, 0.5) is 0 Å². The fourth-order valence-electron chi connectivity index (χ4n) is 2.95. The highest BCUT2D eigenvalue weighted by Crippen LogP contribution is 2.38. The second-order valence-corrected chi connectivity index (χ2v) is 5.66. The number of rotatable bonds is 3. The van der Waals surface area contributed by atoms with E-state index < -0.39 is 0 Å². The molecule has 0 heterocycles. The molecule has 0 saturated carbocycles. The molecular weight excluding hydrogens is 266 g/mol. The lowest BCUT2D eigenvalue weighted by Gasteiger charge is -2.19. The zero-order valence-corrected chi connectivity index (χ0v) is 12.9. The average molecular weight is 288 g/mol. The molecule has 2 heteroatoms. The molecule has 0 radical (unpaired) electrons. The van der Waals surface area contributed by atoms with E-state index in [0.717, 1.165) is 12.8 Å². The molecule has 0 amide bonds. The molecular formula is C18H22ClN. The van der Waals surface area contributed by atoms with Crippen LogP contribution in [0, 0.1) is 5.92 Å². The predicted octanol–water partition coefficient (Wildman–Crippen LogP) is 4.73. The lowest BCUT2D eigenvalue weighted by molar-refractivity contribution is 0.456. The van der Waals surface area contributed by atoms with Crippen molar-refractivity contribution in [2.75, 3.05) is 0 Å². The van der Waals surface area contributed by atoms with Gasteiger partial charge in [0, 0.05) is 6.04 Å². The third-order valence-corrected chi connectivity index (χ3v) is 4.46. The van der Waals surface area contributed by atoms with Crippen LogP contribution >= 0.6 is 12.4 Å². The van der Waals surface area contributed by atoms with Gasteiger partial charge < -0.3 is 5.73 Å². The third kappa shape index (κ3) is 2.48. The summed E-state index contributed by atoms with van der Waals surface area (Å²) in [5, 5.41) is 0. The summed E-state index contributed by atoms with van der Waals surface area (Å²) in [6.07, 6.45) is 2.17. The normalized spacial score (nSPS) is 14.9. The minimum atomic E-state index is 0. The van der Waals surface area contributed by atoms with Gasteiger partial charge in [-0.15, -0.1) is 12.4 Å². The number of fused-ring (bicyclic) bond motifs is 3. The van der Waals surface area contributed by atoms with E-state index in [4.69, 9.17) is 5.73 Å². The van der Waals surface area contributed by atoms with Crippen LogP contribution in [0.2, 0.25) is 0 Å². The van der Waals surface area contributed by atoms with E-state index in [-0.39, 0.29) is 18.4 Å². The largest absolute Gasteiger partial charge is 0.324 e. The van der Waals surface area contributed by atoms with Crippen LogP contribution in [0.1, 0.15) is 43.0 Å². The maximum absolute atomic E-state index is 6.35. The number of benzene rings is 2. The maximum Gasteiger partial charge on any atom is 0.0320 e. The van der Waals surface area contributed by atoms with Gasteiger partial charge in [-0.3, -0.25) is 0 Å². The van der Waals surface area contributed by atoms with E-state index in [1.807, 2.05) is 0 Å². The molecule has 0 bridgehead atoms. The first-order chi connectivity index (χ1) is 9.20. The van der Waals surface area contributed by atoms with Gasteiger partial charge in [-0.25, -0.2) is 0 Å². The van der Waals surface area contributed by atoms with Crippen molar-refractivity contribution in [1.29, 1.82) is 0 Å². The van der Waals surface area contributed by atoms with Gasteiger partial charge in [-0.05, 0) is 40.2 Å². The molecule has 1 nitrogen and oxygen atoms in total. The van der Waals surface area contributed by atoms with Crippen LogP contribution in [0.25, 0.3) is 11.1 Å².